The molecular weight excluding hydrogens is 338 g/mol. The average Bonchev–Trinajstić information content (AvgIpc) is 2.47. The van der Waals surface area contributed by atoms with Gasteiger partial charge in [-0.1, -0.05) is 13.8 Å². The fourth-order valence-electron chi connectivity index (χ4n) is 2.02. The van der Waals surface area contributed by atoms with E-state index in [2.05, 4.69) is 5.32 Å². The lowest BCUT2D eigenvalue weighted by Crippen LogP contribution is -2.47. The Bertz CT molecular complexity index is 464. The standard InChI is InChI=1S/C15H27NO9/c1-8(18)5-15(3,4)7-16-14(23)25-10(6-17)24-12(13(21)22)11(20)9(2)19/h9-12,17,19-20H,5-7H2,1-4H3,(H,16,23)(H,21,22). The van der Waals surface area contributed by atoms with Crippen molar-refractivity contribution in [3.63, 3.8) is 0 Å². The third-order valence-electron chi connectivity index (χ3n) is 3.17. The number of aliphatic hydroxyl groups excluding tert-OH is 3. The Hall–Kier alpha value is -1.75. The van der Waals surface area contributed by atoms with Crippen molar-refractivity contribution >= 4 is 17.8 Å². The number of nitrogens with one attached hydrogen (secondary N) is 1. The molecule has 0 aromatic heterocycles. The zero-order valence-corrected chi connectivity index (χ0v) is 14.8. The summed E-state index contributed by atoms with van der Waals surface area (Å²) in [6.45, 7) is 5.34. The zero-order chi connectivity index (χ0) is 19.8. The first-order valence-electron chi connectivity index (χ1n) is 7.68. The molecule has 0 aliphatic heterocycles. The van der Waals surface area contributed by atoms with Gasteiger partial charge < -0.3 is 40.0 Å². The molecule has 0 saturated heterocycles. The maximum Gasteiger partial charge on any atom is 0.409 e. The van der Waals surface area contributed by atoms with Crippen LogP contribution >= 0.6 is 0 Å². The molecule has 0 saturated carbocycles. The number of carbonyl (C=O) groups is 3. The Kier molecular flexibility index (Phi) is 9.57. The molecule has 4 atom stereocenters. The highest BCUT2D eigenvalue weighted by Gasteiger charge is 2.34. The van der Waals surface area contributed by atoms with Crippen molar-refractivity contribution in [2.75, 3.05) is 13.2 Å². The van der Waals surface area contributed by atoms with Gasteiger partial charge >= 0.3 is 12.1 Å². The first-order chi connectivity index (χ1) is 11.4. The summed E-state index contributed by atoms with van der Waals surface area (Å²) in [6.07, 6.45) is -7.53. The Balaban J connectivity index is 4.68. The third-order valence-corrected chi connectivity index (χ3v) is 3.17. The van der Waals surface area contributed by atoms with Gasteiger partial charge in [0.05, 0.1) is 6.10 Å². The van der Waals surface area contributed by atoms with E-state index in [4.69, 9.17) is 19.7 Å². The maximum atomic E-state index is 11.7. The van der Waals surface area contributed by atoms with Crippen molar-refractivity contribution in [2.45, 2.75) is 58.7 Å². The van der Waals surface area contributed by atoms with E-state index in [-0.39, 0.29) is 18.7 Å². The van der Waals surface area contributed by atoms with Crippen LogP contribution in [0.25, 0.3) is 0 Å². The summed E-state index contributed by atoms with van der Waals surface area (Å²) in [6, 6.07) is 0. The van der Waals surface area contributed by atoms with Gasteiger partial charge in [-0.15, -0.1) is 0 Å². The highest BCUT2D eigenvalue weighted by atomic mass is 16.7. The molecule has 0 aromatic rings. The van der Waals surface area contributed by atoms with E-state index in [1.54, 1.807) is 13.8 Å². The van der Waals surface area contributed by atoms with E-state index in [9.17, 15) is 24.6 Å². The molecule has 0 rings (SSSR count). The van der Waals surface area contributed by atoms with Gasteiger partial charge in [0, 0.05) is 13.0 Å². The molecule has 146 valence electrons. The minimum atomic E-state index is -1.90. The van der Waals surface area contributed by atoms with E-state index < -0.39 is 48.7 Å². The molecule has 0 spiro atoms. The second-order valence-electron chi connectivity index (χ2n) is 6.54. The number of aliphatic hydroxyl groups is 3. The third kappa shape index (κ3) is 9.34. The lowest BCUT2D eigenvalue weighted by molar-refractivity contribution is -0.206. The number of alkyl carbamates (subject to hydrolysis) is 1. The molecule has 10 nitrogen and oxygen atoms in total. The number of carboxylic acids is 1. The molecule has 0 heterocycles. The van der Waals surface area contributed by atoms with E-state index in [1.165, 1.54) is 6.92 Å². The topological polar surface area (TPSA) is 163 Å². The van der Waals surface area contributed by atoms with Gasteiger partial charge in [-0.2, -0.15) is 0 Å². The van der Waals surface area contributed by atoms with Crippen LogP contribution in [-0.2, 0) is 19.1 Å². The summed E-state index contributed by atoms with van der Waals surface area (Å²) < 4.78 is 9.60. The van der Waals surface area contributed by atoms with E-state index in [0.29, 0.717) is 0 Å². The van der Waals surface area contributed by atoms with Crippen LogP contribution in [0.4, 0.5) is 4.79 Å². The van der Waals surface area contributed by atoms with Crippen LogP contribution < -0.4 is 5.32 Å². The molecule has 10 heteroatoms. The van der Waals surface area contributed by atoms with Crippen LogP contribution in [0.5, 0.6) is 0 Å². The summed E-state index contributed by atoms with van der Waals surface area (Å²) in [5.74, 6) is -1.65. The number of carbonyl (C=O) groups excluding carboxylic acids is 2. The predicted octanol–water partition coefficient (Wildman–Crippen LogP) is -0.752. The number of ketones is 1. The van der Waals surface area contributed by atoms with Crippen LogP contribution in [-0.4, -0.2) is 76.0 Å². The highest BCUT2D eigenvalue weighted by Crippen LogP contribution is 2.19. The van der Waals surface area contributed by atoms with Gasteiger partial charge in [0.25, 0.3) is 0 Å². The Morgan fingerprint density at radius 1 is 1.20 bits per heavy atom. The van der Waals surface area contributed by atoms with Gasteiger partial charge in [-0.05, 0) is 19.3 Å². The van der Waals surface area contributed by atoms with E-state index in [0.717, 1.165) is 6.92 Å². The molecule has 25 heavy (non-hydrogen) atoms. The molecule has 0 aliphatic rings. The summed E-state index contributed by atoms with van der Waals surface area (Å²) in [5, 5.41) is 39.4. The molecule has 0 fully saturated rings. The van der Waals surface area contributed by atoms with Crippen molar-refractivity contribution in [1.82, 2.24) is 5.32 Å². The zero-order valence-electron chi connectivity index (χ0n) is 14.8. The molecular formula is C15H27NO9. The summed E-state index contributed by atoms with van der Waals surface area (Å²) in [4.78, 5) is 33.9. The number of Topliss-reactive ketones (excluding diaryl/α,β-unsaturated/α-hetero) is 1. The lowest BCUT2D eigenvalue weighted by Gasteiger charge is -2.27. The smallest absolute Gasteiger partial charge is 0.409 e. The predicted molar refractivity (Wildman–Crippen MR) is 84.6 cm³/mol. The van der Waals surface area contributed by atoms with Crippen molar-refractivity contribution in [3.8, 4) is 0 Å². The number of hydrogen-bond donors (Lipinski definition) is 5. The van der Waals surface area contributed by atoms with Gasteiger partial charge in [0.1, 0.15) is 18.5 Å². The van der Waals surface area contributed by atoms with E-state index >= 15 is 0 Å². The Labute approximate surface area is 145 Å². The molecule has 0 radical (unpaired) electrons. The summed E-state index contributed by atoms with van der Waals surface area (Å²) in [5.41, 5.74) is -0.521. The fourth-order valence-corrected chi connectivity index (χ4v) is 2.02. The maximum absolute atomic E-state index is 11.7. The molecule has 0 bridgehead atoms. The van der Waals surface area contributed by atoms with E-state index in [1.807, 2.05) is 0 Å². The normalized spacial score (nSPS) is 16.4. The van der Waals surface area contributed by atoms with Crippen LogP contribution in [0.1, 0.15) is 34.1 Å². The van der Waals surface area contributed by atoms with Gasteiger partial charge in [0.15, 0.2) is 6.10 Å². The van der Waals surface area contributed by atoms with Crippen molar-refractivity contribution in [3.05, 3.63) is 0 Å². The van der Waals surface area contributed by atoms with Crippen molar-refractivity contribution in [2.24, 2.45) is 5.41 Å². The molecule has 4 unspecified atom stereocenters. The first kappa shape index (κ1) is 23.2. The van der Waals surface area contributed by atoms with Crippen molar-refractivity contribution in [1.29, 1.82) is 0 Å². The molecule has 1 amide bonds. The van der Waals surface area contributed by atoms with Gasteiger partial charge in [-0.3, -0.25) is 0 Å². The van der Waals surface area contributed by atoms with Crippen LogP contribution in [0.15, 0.2) is 0 Å². The number of rotatable bonds is 11. The lowest BCUT2D eigenvalue weighted by atomic mass is 9.88. The number of ether oxygens (including phenoxy) is 2. The second-order valence-corrected chi connectivity index (χ2v) is 6.54. The first-order valence-corrected chi connectivity index (χ1v) is 7.68. The fraction of sp³-hybridized carbons (Fsp3) is 0.800. The van der Waals surface area contributed by atoms with Gasteiger partial charge in [0.2, 0.25) is 6.29 Å². The summed E-state index contributed by atoms with van der Waals surface area (Å²) >= 11 is 0. The van der Waals surface area contributed by atoms with Crippen LogP contribution in [0, 0.1) is 5.41 Å². The number of hydrogen-bond acceptors (Lipinski definition) is 8. The minimum absolute atomic E-state index is 0.0480. The molecule has 0 aliphatic carbocycles. The number of aliphatic carboxylic acids is 1. The number of carboxylic acid groups (broad SMARTS) is 1. The average molecular weight is 365 g/mol. The van der Waals surface area contributed by atoms with Crippen LogP contribution in [0.3, 0.4) is 0 Å². The van der Waals surface area contributed by atoms with Gasteiger partial charge in [-0.25, -0.2) is 9.59 Å². The second kappa shape index (κ2) is 10.3. The largest absolute Gasteiger partial charge is 0.479 e. The summed E-state index contributed by atoms with van der Waals surface area (Å²) in [7, 11) is 0. The quantitative estimate of drug-likeness (QED) is 0.296. The minimum Gasteiger partial charge on any atom is -0.479 e. The van der Waals surface area contributed by atoms with Crippen LogP contribution in [0.2, 0.25) is 0 Å². The van der Waals surface area contributed by atoms with Crippen molar-refractivity contribution < 1.29 is 44.3 Å². The SMILES string of the molecule is CC(=O)CC(C)(C)CNC(=O)OC(CO)OC(C(=O)O)C(O)C(C)O. The Morgan fingerprint density at radius 2 is 1.76 bits per heavy atom. The molecule has 5 N–H and O–H groups in total. The molecule has 0 aromatic carbocycles. The monoisotopic (exact) mass is 365 g/mol. The highest BCUT2D eigenvalue weighted by molar-refractivity contribution is 5.76. The Morgan fingerprint density at radius 3 is 2.16 bits per heavy atom. The number of amides is 1.